The predicted octanol–water partition coefficient (Wildman–Crippen LogP) is 6.43. The molecule has 3 aromatic rings. The molecule has 7 nitrogen and oxygen atoms in total. The summed E-state index contributed by atoms with van der Waals surface area (Å²) in [6.07, 6.45) is 1.61. The van der Waals surface area contributed by atoms with Crippen molar-refractivity contribution in [1.82, 2.24) is 5.01 Å². The maximum Gasteiger partial charge on any atom is 0.283 e. The SMILES string of the molecule is Cc1cc(OCCOc2cccc(C=C3C(=N)N4N=C(c5ccccc5Cl)SC4=NC3=O)c2)ccc1Cl. The standard InChI is InChI=1S/C27H20Cl2N4O3S/c1-16-13-19(9-10-22(16)28)36-12-11-35-18-6-4-5-17(14-18)15-21-24(30)33-27(31-25(21)34)37-26(32-33)20-7-2-3-8-23(20)29/h2-10,13-15,30H,11-12H2,1H3. The number of nitrogens with one attached hydrogen (secondary N) is 1. The Morgan fingerprint density at radius 2 is 1.73 bits per heavy atom. The van der Waals surface area contributed by atoms with Crippen molar-refractivity contribution in [2.75, 3.05) is 13.2 Å². The largest absolute Gasteiger partial charge is 0.490 e. The molecular formula is C27H20Cl2N4O3S. The molecule has 0 saturated carbocycles. The Balaban J connectivity index is 1.26. The van der Waals surface area contributed by atoms with Crippen molar-refractivity contribution in [3.63, 3.8) is 0 Å². The molecule has 0 fully saturated rings. The first-order valence-corrected chi connectivity index (χ1v) is 12.8. The fraction of sp³-hybridized carbons (Fsp3) is 0.111. The number of carbonyl (C=O) groups excluding carboxylic acids is 1. The molecule has 0 aromatic heterocycles. The smallest absolute Gasteiger partial charge is 0.283 e. The van der Waals surface area contributed by atoms with Gasteiger partial charge in [0.1, 0.15) is 29.8 Å². The highest BCUT2D eigenvalue weighted by Gasteiger charge is 2.36. The first kappa shape index (κ1) is 25.1. The number of fused-ring (bicyclic) bond motifs is 1. The van der Waals surface area contributed by atoms with Crippen LogP contribution in [0.2, 0.25) is 10.0 Å². The topological polar surface area (TPSA) is 87.3 Å². The number of hydrogen-bond acceptors (Lipinski definition) is 6. The van der Waals surface area contributed by atoms with E-state index in [1.54, 1.807) is 24.3 Å². The van der Waals surface area contributed by atoms with Crippen LogP contribution < -0.4 is 9.47 Å². The number of carbonyl (C=O) groups is 1. The highest BCUT2D eigenvalue weighted by Crippen LogP contribution is 2.33. The second-order valence-electron chi connectivity index (χ2n) is 8.09. The quantitative estimate of drug-likeness (QED) is 0.270. The van der Waals surface area contributed by atoms with Crippen LogP contribution in [0.1, 0.15) is 16.7 Å². The summed E-state index contributed by atoms with van der Waals surface area (Å²) < 4.78 is 11.5. The van der Waals surface area contributed by atoms with Crippen molar-refractivity contribution < 1.29 is 14.3 Å². The molecule has 3 aromatic carbocycles. The van der Waals surface area contributed by atoms with E-state index in [1.165, 1.54) is 16.8 Å². The van der Waals surface area contributed by atoms with Gasteiger partial charge in [-0.3, -0.25) is 10.2 Å². The fourth-order valence-corrected chi connectivity index (χ4v) is 4.95. The second kappa shape index (κ2) is 10.8. The molecule has 0 bridgehead atoms. The summed E-state index contributed by atoms with van der Waals surface area (Å²) in [7, 11) is 0. The lowest BCUT2D eigenvalue weighted by atomic mass is 10.1. The zero-order valence-corrected chi connectivity index (χ0v) is 21.9. The molecule has 0 radical (unpaired) electrons. The van der Waals surface area contributed by atoms with E-state index in [1.807, 2.05) is 55.5 Å². The monoisotopic (exact) mass is 550 g/mol. The number of aliphatic imine (C=N–C) groups is 1. The Morgan fingerprint density at radius 3 is 2.49 bits per heavy atom. The third-order valence-electron chi connectivity index (χ3n) is 5.48. The van der Waals surface area contributed by atoms with E-state index >= 15 is 0 Å². The summed E-state index contributed by atoms with van der Waals surface area (Å²) in [4.78, 5) is 16.9. The van der Waals surface area contributed by atoms with Crippen LogP contribution in [-0.4, -0.2) is 40.2 Å². The fourth-order valence-electron chi connectivity index (χ4n) is 3.62. The molecule has 10 heteroatoms. The number of amides is 1. The predicted molar refractivity (Wildman–Crippen MR) is 149 cm³/mol. The summed E-state index contributed by atoms with van der Waals surface area (Å²) in [6.45, 7) is 2.60. The van der Waals surface area contributed by atoms with E-state index in [0.717, 1.165) is 16.9 Å². The number of halogens is 2. The number of rotatable bonds is 7. The summed E-state index contributed by atoms with van der Waals surface area (Å²) >= 11 is 13.5. The molecule has 0 spiro atoms. The first-order valence-electron chi connectivity index (χ1n) is 11.3. The van der Waals surface area contributed by atoms with Crippen LogP contribution in [0.5, 0.6) is 11.5 Å². The minimum absolute atomic E-state index is 0.0532. The molecule has 186 valence electrons. The molecular weight excluding hydrogens is 531 g/mol. The number of thioether (sulfide) groups is 1. The van der Waals surface area contributed by atoms with E-state index in [9.17, 15) is 4.79 Å². The number of benzene rings is 3. The van der Waals surface area contributed by atoms with Gasteiger partial charge < -0.3 is 9.47 Å². The van der Waals surface area contributed by atoms with Gasteiger partial charge in [-0.15, -0.1) is 0 Å². The summed E-state index contributed by atoms with van der Waals surface area (Å²) in [6, 6.07) is 20.0. The zero-order chi connectivity index (χ0) is 25.9. The average molecular weight is 551 g/mol. The van der Waals surface area contributed by atoms with Gasteiger partial charge in [0.15, 0.2) is 5.84 Å². The Hall–Kier alpha value is -3.59. The number of nitrogens with zero attached hydrogens (tertiary/aromatic N) is 3. The second-order valence-corrected chi connectivity index (χ2v) is 9.86. The number of ether oxygens (including phenoxy) is 2. The number of hydrogen-bond donors (Lipinski definition) is 1. The lowest BCUT2D eigenvalue weighted by molar-refractivity contribution is -0.114. The van der Waals surface area contributed by atoms with Gasteiger partial charge in [-0.25, -0.2) is 0 Å². The van der Waals surface area contributed by atoms with E-state index in [2.05, 4.69) is 10.1 Å². The Bertz CT molecular complexity index is 1500. The van der Waals surface area contributed by atoms with Crippen molar-refractivity contribution >= 4 is 63.0 Å². The van der Waals surface area contributed by atoms with Crippen molar-refractivity contribution in [3.05, 3.63) is 99.0 Å². The minimum Gasteiger partial charge on any atom is -0.490 e. The first-order chi connectivity index (χ1) is 17.9. The van der Waals surface area contributed by atoms with Crippen molar-refractivity contribution in [2.24, 2.45) is 10.1 Å². The van der Waals surface area contributed by atoms with E-state index < -0.39 is 5.91 Å². The Morgan fingerprint density at radius 1 is 0.973 bits per heavy atom. The van der Waals surface area contributed by atoms with Crippen molar-refractivity contribution in [3.8, 4) is 11.5 Å². The third kappa shape index (κ3) is 5.56. The van der Waals surface area contributed by atoms with Crippen LogP contribution in [0.25, 0.3) is 6.08 Å². The highest BCUT2D eigenvalue weighted by atomic mass is 35.5. The number of aryl methyl sites for hydroxylation is 1. The molecule has 37 heavy (non-hydrogen) atoms. The van der Waals surface area contributed by atoms with E-state index in [4.69, 9.17) is 38.1 Å². The van der Waals surface area contributed by atoms with Crippen LogP contribution in [0.3, 0.4) is 0 Å². The average Bonchev–Trinajstić information content (AvgIpc) is 3.31. The molecule has 0 atom stereocenters. The molecule has 0 aliphatic carbocycles. The maximum atomic E-state index is 12.8. The molecule has 2 aliphatic rings. The number of hydrazone groups is 1. The molecule has 1 N–H and O–H groups in total. The maximum absolute atomic E-state index is 12.8. The van der Waals surface area contributed by atoms with Crippen LogP contribution in [0, 0.1) is 12.3 Å². The number of amidine groups is 2. The van der Waals surface area contributed by atoms with Crippen LogP contribution in [0.4, 0.5) is 0 Å². The van der Waals surface area contributed by atoms with Gasteiger partial charge in [0, 0.05) is 10.6 Å². The van der Waals surface area contributed by atoms with Crippen molar-refractivity contribution in [2.45, 2.75) is 6.92 Å². The van der Waals surface area contributed by atoms with Gasteiger partial charge in [0.25, 0.3) is 5.91 Å². The van der Waals surface area contributed by atoms with E-state index in [-0.39, 0.29) is 11.4 Å². The van der Waals surface area contributed by atoms with Crippen LogP contribution in [-0.2, 0) is 4.79 Å². The third-order valence-corrected chi connectivity index (χ3v) is 7.17. The molecule has 1 amide bonds. The van der Waals surface area contributed by atoms with E-state index in [0.29, 0.717) is 44.8 Å². The minimum atomic E-state index is -0.502. The molecule has 2 aliphatic heterocycles. The highest BCUT2D eigenvalue weighted by molar-refractivity contribution is 8.27. The summed E-state index contributed by atoms with van der Waals surface area (Å²) in [5.74, 6) is 0.776. The van der Waals surface area contributed by atoms with Gasteiger partial charge in [-0.2, -0.15) is 15.1 Å². The van der Waals surface area contributed by atoms with Gasteiger partial charge in [0.2, 0.25) is 5.17 Å². The molecule has 5 rings (SSSR count). The molecule has 0 saturated heterocycles. The van der Waals surface area contributed by atoms with Crippen LogP contribution in [0.15, 0.2) is 82.4 Å². The Kier molecular flexibility index (Phi) is 7.32. The van der Waals surface area contributed by atoms with Gasteiger partial charge in [-0.05, 0) is 72.3 Å². The van der Waals surface area contributed by atoms with Crippen LogP contribution >= 0.6 is 35.0 Å². The normalized spacial score (nSPS) is 16.0. The lowest BCUT2D eigenvalue weighted by Crippen LogP contribution is -2.35. The molecule has 0 unspecified atom stereocenters. The molecule has 2 heterocycles. The Labute approximate surface area is 227 Å². The lowest BCUT2D eigenvalue weighted by Gasteiger charge is -2.20. The summed E-state index contributed by atoms with van der Waals surface area (Å²) in [5.41, 5.74) is 2.49. The summed E-state index contributed by atoms with van der Waals surface area (Å²) in [5, 5.41) is 16.6. The zero-order valence-electron chi connectivity index (χ0n) is 19.6. The van der Waals surface area contributed by atoms with Gasteiger partial charge in [-0.1, -0.05) is 53.5 Å². The van der Waals surface area contributed by atoms with Gasteiger partial charge >= 0.3 is 0 Å². The van der Waals surface area contributed by atoms with Crippen molar-refractivity contribution in [1.29, 1.82) is 5.41 Å². The van der Waals surface area contributed by atoms with Gasteiger partial charge in [0.05, 0.1) is 10.6 Å².